The van der Waals surface area contributed by atoms with Gasteiger partial charge in [-0.05, 0) is 44.0 Å². The van der Waals surface area contributed by atoms with Crippen LogP contribution in [0.2, 0.25) is 0 Å². The predicted molar refractivity (Wildman–Crippen MR) is 124 cm³/mol. The number of Topliss-reactive ketones (excluding diaryl/α,β-unsaturated/α-hetero) is 1. The SMILES string of the molecule is CC(C)(C)C(F)(F)F.CCC(=O)CC(C)(C)C(F)(F)F.CCC(C)=Nc1ccc(C#N)cc1C. The molecule has 1 rings (SSSR count). The van der Waals surface area contributed by atoms with Gasteiger partial charge in [-0.2, -0.15) is 31.6 Å². The molecule has 0 atom stereocenters. The number of carbonyl (C=O) groups is 1. The number of ketones is 1. The minimum absolute atomic E-state index is 0.166. The summed E-state index contributed by atoms with van der Waals surface area (Å²) in [6, 6.07) is 7.67. The number of nitriles is 1. The highest BCUT2D eigenvalue weighted by atomic mass is 19.4. The number of hydrogen-bond donors (Lipinski definition) is 0. The van der Waals surface area contributed by atoms with Gasteiger partial charge in [-0.25, -0.2) is 0 Å². The van der Waals surface area contributed by atoms with E-state index in [1.54, 1.807) is 13.0 Å². The zero-order valence-electron chi connectivity index (χ0n) is 21.4. The molecule has 0 saturated carbocycles. The van der Waals surface area contributed by atoms with Crippen LogP contribution < -0.4 is 0 Å². The van der Waals surface area contributed by atoms with Crippen molar-refractivity contribution < 1.29 is 31.1 Å². The first kappa shape index (κ1) is 33.8. The number of benzene rings is 1. The molecule has 0 unspecified atom stereocenters. The van der Waals surface area contributed by atoms with E-state index in [2.05, 4.69) is 18.0 Å². The van der Waals surface area contributed by atoms with Crippen molar-refractivity contribution >= 4 is 17.2 Å². The van der Waals surface area contributed by atoms with E-state index in [4.69, 9.17) is 5.26 Å². The molecule has 0 aliphatic rings. The summed E-state index contributed by atoms with van der Waals surface area (Å²) in [6.07, 6.45) is -7.66. The lowest BCUT2D eigenvalue weighted by molar-refractivity contribution is -0.213. The highest BCUT2D eigenvalue weighted by Crippen LogP contribution is 2.40. The molecule has 0 N–H and O–H groups in total. The van der Waals surface area contributed by atoms with Gasteiger partial charge in [0.1, 0.15) is 5.78 Å². The highest BCUT2D eigenvalue weighted by Gasteiger charge is 2.47. The summed E-state index contributed by atoms with van der Waals surface area (Å²) in [7, 11) is 0. The molecule has 0 radical (unpaired) electrons. The van der Waals surface area contributed by atoms with Crippen LogP contribution in [0, 0.1) is 29.1 Å². The molecule has 0 aliphatic heterocycles. The number of hydrogen-bond acceptors (Lipinski definition) is 3. The molecular weight excluding hydrogens is 458 g/mol. The second-order valence-corrected chi connectivity index (χ2v) is 9.51. The second kappa shape index (κ2) is 13.5. The largest absolute Gasteiger partial charge is 0.394 e. The lowest BCUT2D eigenvalue weighted by Crippen LogP contribution is -2.34. The molecule has 3 nitrogen and oxygen atoms in total. The van der Waals surface area contributed by atoms with Crippen molar-refractivity contribution in [3.05, 3.63) is 29.3 Å². The van der Waals surface area contributed by atoms with E-state index >= 15 is 0 Å². The number of nitrogens with zero attached hydrogens (tertiary/aromatic N) is 2. The fourth-order valence-corrected chi connectivity index (χ4v) is 1.85. The molecule has 1 aromatic carbocycles. The van der Waals surface area contributed by atoms with Crippen LogP contribution in [0.4, 0.5) is 32.0 Å². The van der Waals surface area contributed by atoms with Gasteiger partial charge in [-0.3, -0.25) is 9.79 Å². The molecule has 0 amide bonds. The van der Waals surface area contributed by atoms with Gasteiger partial charge in [0.05, 0.1) is 28.2 Å². The Morgan fingerprint density at radius 2 is 1.41 bits per heavy atom. The van der Waals surface area contributed by atoms with Crippen LogP contribution in [0.1, 0.15) is 85.8 Å². The molecule has 0 heterocycles. The maximum Gasteiger partial charge on any atom is 0.394 e. The van der Waals surface area contributed by atoms with Gasteiger partial charge < -0.3 is 0 Å². The van der Waals surface area contributed by atoms with Crippen LogP contribution >= 0.6 is 0 Å². The van der Waals surface area contributed by atoms with Crippen LogP contribution in [0.25, 0.3) is 0 Å². The predicted octanol–water partition coefficient (Wildman–Crippen LogP) is 8.91. The maximum absolute atomic E-state index is 12.2. The van der Waals surface area contributed by atoms with E-state index in [1.165, 1.54) is 0 Å². The third-order valence-electron chi connectivity index (χ3n) is 4.80. The van der Waals surface area contributed by atoms with Gasteiger partial charge in [0.25, 0.3) is 0 Å². The van der Waals surface area contributed by atoms with Crippen molar-refractivity contribution in [3.8, 4) is 6.07 Å². The Balaban J connectivity index is 0. The Hall–Kier alpha value is -2.37. The van der Waals surface area contributed by atoms with E-state index in [-0.39, 0.29) is 12.2 Å². The zero-order valence-corrected chi connectivity index (χ0v) is 21.4. The Labute approximate surface area is 199 Å². The lowest BCUT2D eigenvalue weighted by atomic mass is 9.86. The Morgan fingerprint density at radius 1 is 0.941 bits per heavy atom. The fourth-order valence-electron chi connectivity index (χ4n) is 1.85. The molecule has 194 valence electrons. The third kappa shape index (κ3) is 12.8. The number of aryl methyl sites for hydroxylation is 1. The number of alkyl halides is 6. The fraction of sp³-hybridized carbons (Fsp3) is 0.640. The van der Waals surface area contributed by atoms with Gasteiger partial charge in [-0.15, -0.1) is 0 Å². The number of halogens is 6. The first-order chi connectivity index (χ1) is 15.1. The van der Waals surface area contributed by atoms with E-state index in [1.807, 2.05) is 26.0 Å². The minimum Gasteiger partial charge on any atom is -0.300 e. The van der Waals surface area contributed by atoms with Crippen molar-refractivity contribution in [2.24, 2.45) is 15.8 Å². The first-order valence-corrected chi connectivity index (χ1v) is 10.8. The quantitative estimate of drug-likeness (QED) is 0.303. The normalized spacial score (nSPS) is 12.6. The molecule has 0 saturated heterocycles. The highest BCUT2D eigenvalue weighted by molar-refractivity contribution is 5.84. The van der Waals surface area contributed by atoms with Crippen LogP contribution in [-0.2, 0) is 4.79 Å². The second-order valence-electron chi connectivity index (χ2n) is 9.51. The summed E-state index contributed by atoms with van der Waals surface area (Å²) < 4.78 is 71.2. The summed E-state index contributed by atoms with van der Waals surface area (Å²) in [5.41, 5.74) is 0.362. The molecule has 1 aromatic rings. The van der Waals surface area contributed by atoms with E-state index in [9.17, 15) is 31.1 Å². The van der Waals surface area contributed by atoms with Crippen molar-refractivity contribution in [3.63, 3.8) is 0 Å². The van der Waals surface area contributed by atoms with Crippen molar-refractivity contribution in [2.45, 2.75) is 93.9 Å². The molecule has 0 bridgehead atoms. The van der Waals surface area contributed by atoms with Gasteiger partial charge in [0.15, 0.2) is 0 Å². The standard InChI is InChI=1S/C12H14N2.C8H13F3O.C5H9F3/c1-4-10(3)14-12-6-5-11(8-13)7-9(12)2;1-4-6(12)5-7(2,3)8(9,10)11;1-4(2,3)5(6,7)8/h5-7H,4H2,1-3H3;4-5H2,1-3H3;1-3H3. The van der Waals surface area contributed by atoms with Crippen molar-refractivity contribution in [1.29, 1.82) is 5.26 Å². The van der Waals surface area contributed by atoms with Crippen molar-refractivity contribution in [2.75, 3.05) is 0 Å². The number of rotatable bonds is 5. The number of carbonyl (C=O) groups excluding carboxylic acids is 1. The maximum atomic E-state index is 12.2. The van der Waals surface area contributed by atoms with Crippen LogP contribution in [0.5, 0.6) is 0 Å². The monoisotopic (exact) mass is 494 g/mol. The smallest absolute Gasteiger partial charge is 0.300 e. The van der Waals surface area contributed by atoms with E-state index in [0.29, 0.717) is 5.56 Å². The van der Waals surface area contributed by atoms with Gasteiger partial charge in [0, 0.05) is 18.6 Å². The summed E-state index contributed by atoms with van der Waals surface area (Å²) in [6.45, 7) is 13.2. The molecule has 0 aromatic heterocycles. The minimum atomic E-state index is -4.29. The third-order valence-corrected chi connectivity index (χ3v) is 4.80. The lowest BCUT2D eigenvalue weighted by Gasteiger charge is -2.26. The summed E-state index contributed by atoms with van der Waals surface area (Å²) in [5, 5.41) is 8.70. The Kier molecular flexibility index (Phi) is 13.4. The average Bonchev–Trinajstić information content (AvgIpc) is 2.67. The molecule has 34 heavy (non-hydrogen) atoms. The van der Waals surface area contributed by atoms with E-state index in [0.717, 1.165) is 58.0 Å². The topological polar surface area (TPSA) is 53.2 Å². The Morgan fingerprint density at radius 3 is 1.71 bits per heavy atom. The zero-order chi connectivity index (χ0) is 27.5. The molecule has 9 heteroatoms. The van der Waals surface area contributed by atoms with Gasteiger partial charge in [-0.1, -0.05) is 48.5 Å². The Bertz CT molecular complexity index is 842. The average molecular weight is 495 g/mol. The van der Waals surface area contributed by atoms with Gasteiger partial charge >= 0.3 is 12.4 Å². The number of aliphatic imine (C=N–C) groups is 1. The summed E-state index contributed by atoms with van der Waals surface area (Å²) in [4.78, 5) is 15.2. The van der Waals surface area contributed by atoms with E-state index < -0.39 is 29.6 Å². The first-order valence-electron chi connectivity index (χ1n) is 10.8. The molecule has 0 fully saturated rings. The van der Waals surface area contributed by atoms with Gasteiger partial charge in [0.2, 0.25) is 0 Å². The molecule has 0 spiro atoms. The van der Waals surface area contributed by atoms with Crippen LogP contribution in [0.3, 0.4) is 0 Å². The molecular formula is C25H36F6N2O. The summed E-state index contributed by atoms with van der Waals surface area (Å²) in [5.74, 6) is -0.350. The molecule has 0 aliphatic carbocycles. The van der Waals surface area contributed by atoms with Crippen LogP contribution in [0.15, 0.2) is 23.2 Å². The van der Waals surface area contributed by atoms with Crippen molar-refractivity contribution in [1.82, 2.24) is 0 Å². The summed E-state index contributed by atoms with van der Waals surface area (Å²) >= 11 is 0. The van der Waals surface area contributed by atoms with Crippen LogP contribution in [-0.4, -0.2) is 23.8 Å².